The Bertz CT molecular complexity index is 790. The zero-order valence-corrected chi connectivity index (χ0v) is 16.2. The maximum Gasteiger partial charge on any atom is 0.251 e. The summed E-state index contributed by atoms with van der Waals surface area (Å²) < 4.78 is 20.3. The third-order valence-corrected chi connectivity index (χ3v) is 5.19. The Balaban J connectivity index is 1.70. The SMILES string of the molecule is COCCC1(NC(=O)c2ccc(F)cc2)CCN(Cc2cc(C)nn2C)C1. The van der Waals surface area contributed by atoms with Crippen molar-refractivity contribution in [3.05, 3.63) is 53.1 Å². The highest BCUT2D eigenvalue weighted by molar-refractivity contribution is 5.94. The fourth-order valence-electron chi connectivity index (χ4n) is 3.71. The quantitative estimate of drug-likeness (QED) is 0.808. The molecule has 0 bridgehead atoms. The lowest BCUT2D eigenvalue weighted by molar-refractivity contribution is 0.0864. The number of rotatable bonds is 7. The van der Waals surface area contributed by atoms with E-state index in [1.165, 1.54) is 24.3 Å². The standard InChI is InChI=1S/C20H27FN4O2/c1-15-12-18(24(2)23-15)13-25-10-8-20(14-25,9-11-27-3)22-19(26)16-4-6-17(21)7-5-16/h4-7,12H,8-11,13-14H2,1-3H3,(H,22,26). The van der Waals surface area contributed by atoms with Gasteiger partial charge in [-0.25, -0.2) is 4.39 Å². The Morgan fingerprint density at radius 2 is 2.11 bits per heavy atom. The molecule has 1 saturated heterocycles. The van der Waals surface area contributed by atoms with E-state index in [9.17, 15) is 9.18 Å². The minimum atomic E-state index is -0.352. The van der Waals surface area contributed by atoms with Gasteiger partial charge in [-0.2, -0.15) is 5.10 Å². The number of carbonyl (C=O) groups excluding carboxylic acids is 1. The van der Waals surface area contributed by atoms with Crippen molar-refractivity contribution < 1.29 is 13.9 Å². The predicted molar refractivity (Wildman–Crippen MR) is 101 cm³/mol. The molecular weight excluding hydrogens is 347 g/mol. The number of amides is 1. The van der Waals surface area contributed by atoms with Gasteiger partial charge in [-0.3, -0.25) is 14.4 Å². The molecule has 0 saturated carbocycles. The normalized spacial score (nSPS) is 20.1. The van der Waals surface area contributed by atoms with Gasteiger partial charge in [-0.05, 0) is 50.1 Å². The van der Waals surface area contributed by atoms with Crippen molar-refractivity contribution in [1.29, 1.82) is 0 Å². The Morgan fingerprint density at radius 3 is 2.74 bits per heavy atom. The molecule has 0 aliphatic carbocycles. The van der Waals surface area contributed by atoms with Crippen LogP contribution >= 0.6 is 0 Å². The molecule has 2 heterocycles. The predicted octanol–water partition coefficient (Wildman–Crippen LogP) is 2.28. The van der Waals surface area contributed by atoms with Crippen molar-refractivity contribution in [1.82, 2.24) is 20.0 Å². The van der Waals surface area contributed by atoms with E-state index in [2.05, 4.69) is 21.4 Å². The third kappa shape index (κ3) is 4.73. The van der Waals surface area contributed by atoms with Gasteiger partial charge in [0, 0.05) is 46.0 Å². The summed E-state index contributed by atoms with van der Waals surface area (Å²) in [5.41, 5.74) is 2.27. The topological polar surface area (TPSA) is 59.4 Å². The molecule has 7 heteroatoms. The van der Waals surface area contributed by atoms with Gasteiger partial charge in [0.15, 0.2) is 0 Å². The number of aromatic nitrogens is 2. The van der Waals surface area contributed by atoms with Crippen LogP contribution in [0, 0.1) is 12.7 Å². The van der Waals surface area contributed by atoms with E-state index in [0.717, 1.165) is 43.9 Å². The van der Waals surface area contributed by atoms with Crippen LogP contribution in [-0.4, -0.2) is 52.9 Å². The van der Waals surface area contributed by atoms with Crippen LogP contribution in [0.25, 0.3) is 0 Å². The molecule has 1 aromatic carbocycles. The first-order valence-electron chi connectivity index (χ1n) is 9.20. The molecular formula is C20H27FN4O2. The van der Waals surface area contributed by atoms with E-state index in [4.69, 9.17) is 4.74 Å². The first kappa shape index (κ1) is 19.5. The number of nitrogens with zero attached hydrogens (tertiary/aromatic N) is 3. The number of nitrogens with one attached hydrogen (secondary N) is 1. The van der Waals surface area contributed by atoms with Crippen molar-refractivity contribution in [3.8, 4) is 0 Å². The lowest BCUT2D eigenvalue weighted by Crippen LogP contribution is -2.51. The summed E-state index contributed by atoms with van der Waals surface area (Å²) in [5, 5.41) is 7.60. The molecule has 1 aromatic heterocycles. The smallest absolute Gasteiger partial charge is 0.251 e. The summed E-state index contributed by atoms with van der Waals surface area (Å²) in [6.45, 7) is 4.98. The third-order valence-electron chi connectivity index (χ3n) is 5.19. The molecule has 1 aliphatic heterocycles. The number of benzene rings is 1. The number of aryl methyl sites for hydroxylation is 2. The largest absolute Gasteiger partial charge is 0.385 e. The Morgan fingerprint density at radius 1 is 1.37 bits per heavy atom. The second-order valence-electron chi connectivity index (χ2n) is 7.35. The van der Waals surface area contributed by atoms with Gasteiger partial charge in [0.05, 0.1) is 16.9 Å². The molecule has 3 rings (SSSR count). The van der Waals surface area contributed by atoms with E-state index in [-0.39, 0.29) is 17.3 Å². The van der Waals surface area contributed by atoms with Gasteiger partial charge in [-0.15, -0.1) is 0 Å². The van der Waals surface area contributed by atoms with E-state index in [0.29, 0.717) is 12.2 Å². The lowest BCUT2D eigenvalue weighted by Gasteiger charge is -2.31. The Labute approximate surface area is 159 Å². The second-order valence-corrected chi connectivity index (χ2v) is 7.35. The number of ether oxygens (including phenoxy) is 1. The second kappa shape index (κ2) is 8.19. The number of carbonyl (C=O) groups is 1. The van der Waals surface area contributed by atoms with Gasteiger partial charge in [0.2, 0.25) is 0 Å². The molecule has 1 aliphatic rings. The van der Waals surface area contributed by atoms with Crippen LogP contribution in [-0.2, 0) is 18.3 Å². The molecule has 1 N–H and O–H groups in total. The Hall–Kier alpha value is -2.25. The summed E-state index contributed by atoms with van der Waals surface area (Å²) in [6.07, 6.45) is 1.58. The number of hydrogen-bond acceptors (Lipinski definition) is 4. The van der Waals surface area contributed by atoms with Crippen molar-refractivity contribution in [2.75, 3.05) is 26.8 Å². The molecule has 146 valence electrons. The summed E-state index contributed by atoms with van der Waals surface area (Å²) in [5.74, 6) is -0.525. The highest BCUT2D eigenvalue weighted by atomic mass is 19.1. The number of hydrogen-bond donors (Lipinski definition) is 1. The summed E-state index contributed by atoms with van der Waals surface area (Å²) in [4.78, 5) is 15.0. The van der Waals surface area contributed by atoms with Gasteiger partial charge in [0.25, 0.3) is 5.91 Å². The van der Waals surface area contributed by atoms with E-state index in [1.807, 2.05) is 18.7 Å². The van der Waals surface area contributed by atoms with Crippen LogP contribution in [0.1, 0.15) is 34.6 Å². The summed E-state index contributed by atoms with van der Waals surface area (Å²) in [6, 6.07) is 7.73. The molecule has 6 nitrogen and oxygen atoms in total. The maximum atomic E-state index is 13.1. The monoisotopic (exact) mass is 374 g/mol. The number of methoxy groups -OCH3 is 1. The van der Waals surface area contributed by atoms with Crippen molar-refractivity contribution in [2.24, 2.45) is 7.05 Å². The number of halogens is 1. The fourth-order valence-corrected chi connectivity index (χ4v) is 3.71. The lowest BCUT2D eigenvalue weighted by atomic mass is 9.94. The summed E-state index contributed by atoms with van der Waals surface area (Å²) >= 11 is 0. The first-order valence-corrected chi connectivity index (χ1v) is 9.20. The maximum absolute atomic E-state index is 13.1. The summed E-state index contributed by atoms with van der Waals surface area (Å²) in [7, 11) is 3.62. The van der Waals surface area contributed by atoms with Gasteiger partial charge >= 0.3 is 0 Å². The molecule has 1 atom stereocenters. The van der Waals surface area contributed by atoms with Gasteiger partial charge in [0.1, 0.15) is 5.82 Å². The van der Waals surface area contributed by atoms with Crippen LogP contribution < -0.4 is 5.32 Å². The molecule has 1 unspecified atom stereocenters. The van der Waals surface area contributed by atoms with Crippen LogP contribution in [0.4, 0.5) is 4.39 Å². The van der Waals surface area contributed by atoms with E-state index >= 15 is 0 Å². The average Bonchev–Trinajstić information content (AvgIpc) is 3.17. The van der Waals surface area contributed by atoms with E-state index in [1.54, 1.807) is 7.11 Å². The molecule has 27 heavy (non-hydrogen) atoms. The van der Waals surface area contributed by atoms with Crippen LogP contribution in [0.3, 0.4) is 0 Å². The van der Waals surface area contributed by atoms with Crippen molar-refractivity contribution >= 4 is 5.91 Å². The Kier molecular flexibility index (Phi) is 5.92. The first-order chi connectivity index (χ1) is 12.9. The van der Waals surface area contributed by atoms with Gasteiger partial charge in [-0.1, -0.05) is 0 Å². The van der Waals surface area contributed by atoms with Crippen molar-refractivity contribution in [3.63, 3.8) is 0 Å². The van der Waals surface area contributed by atoms with E-state index < -0.39 is 0 Å². The van der Waals surface area contributed by atoms with Crippen LogP contribution in [0.15, 0.2) is 30.3 Å². The van der Waals surface area contributed by atoms with Gasteiger partial charge < -0.3 is 10.1 Å². The molecule has 0 radical (unpaired) electrons. The zero-order chi connectivity index (χ0) is 19.4. The number of likely N-dealkylation sites (tertiary alicyclic amines) is 1. The molecule has 1 amide bonds. The van der Waals surface area contributed by atoms with Crippen molar-refractivity contribution in [2.45, 2.75) is 31.8 Å². The fraction of sp³-hybridized carbons (Fsp3) is 0.500. The highest BCUT2D eigenvalue weighted by Crippen LogP contribution is 2.27. The molecule has 2 aromatic rings. The molecule has 0 spiro atoms. The van der Waals surface area contributed by atoms with Crippen LogP contribution in [0.2, 0.25) is 0 Å². The molecule has 1 fully saturated rings. The minimum absolute atomic E-state index is 0.177. The zero-order valence-electron chi connectivity index (χ0n) is 16.2. The minimum Gasteiger partial charge on any atom is -0.385 e. The average molecular weight is 374 g/mol. The highest BCUT2D eigenvalue weighted by Gasteiger charge is 2.39. The van der Waals surface area contributed by atoms with Crippen LogP contribution in [0.5, 0.6) is 0 Å².